The van der Waals surface area contributed by atoms with E-state index in [2.05, 4.69) is 47.0 Å². The number of H-pyrrole nitrogens is 1. The zero-order chi connectivity index (χ0) is 12.0. The number of rotatable bonds is 1. The van der Waals surface area contributed by atoms with Crippen LogP contribution in [0.1, 0.15) is 31.3 Å². The van der Waals surface area contributed by atoms with Crippen molar-refractivity contribution in [1.82, 2.24) is 15.0 Å². The first kappa shape index (κ1) is 10.3. The second-order valence-electron chi connectivity index (χ2n) is 4.73. The molecule has 0 unspecified atom stereocenters. The van der Waals surface area contributed by atoms with E-state index in [1.165, 1.54) is 5.69 Å². The highest BCUT2D eigenvalue weighted by Crippen LogP contribution is 2.24. The van der Waals surface area contributed by atoms with Crippen molar-refractivity contribution in [3.63, 3.8) is 0 Å². The van der Waals surface area contributed by atoms with Crippen LogP contribution in [0.15, 0.2) is 24.3 Å². The van der Waals surface area contributed by atoms with Crippen molar-refractivity contribution in [2.24, 2.45) is 0 Å². The number of aryl methyl sites for hydroxylation is 1. The molecule has 2 heterocycles. The lowest BCUT2D eigenvalue weighted by molar-refractivity contribution is 0.830. The van der Waals surface area contributed by atoms with Gasteiger partial charge in [-0.25, -0.2) is 9.97 Å². The standard InChI is InChI=1S/C14H15N3/c1-8(2)11-5-4-10-12(17-11)6-7-13-14(10)16-9(3)15-13/h4-8,17H,1-3H3. The number of benzene rings is 1. The fourth-order valence-electron chi connectivity index (χ4n) is 2.15. The highest BCUT2D eigenvalue weighted by Gasteiger charge is 2.07. The quantitative estimate of drug-likeness (QED) is 0.688. The molecular formula is C14H15N3. The fraction of sp³-hybridized carbons (Fsp3) is 0.286. The molecule has 0 fully saturated rings. The molecule has 3 aromatic rings. The number of nitrogens with one attached hydrogen (secondary N) is 1. The molecule has 0 atom stereocenters. The van der Waals surface area contributed by atoms with Gasteiger partial charge in [-0.1, -0.05) is 13.8 Å². The first-order valence-electron chi connectivity index (χ1n) is 5.91. The Hall–Kier alpha value is -1.90. The summed E-state index contributed by atoms with van der Waals surface area (Å²) in [6.45, 7) is 6.30. The summed E-state index contributed by atoms with van der Waals surface area (Å²) in [5, 5.41) is 1.15. The minimum absolute atomic E-state index is 0.502. The molecule has 3 rings (SSSR count). The number of aromatic nitrogens is 3. The summed E-state index contributed by atoms with van der Waals surface area (Å²) in [5.41, 5.74) is 4.34. The van der Waals surface area contributed by atoms with Crippen LogP contribution in [0, 0.1) is 6.92 Å². The number of nitrogens with zero attached hydrogens (tertiary/aromatic N) is 2. The first-order chi connectivity index (χ1) is 8.15. The fourth-order valence-corrected chi connectivity index (χ4v) is 2.15. The van der Waals surface area contributed by atoms with Gasteiger partial charge in [0.2, 0.25) is 0 Å². The average molecular weight is 225 g/mol. The lowest BCUT2D eigenvalue weighted by atomic mass is 10.1. The first-order valence-corrected chi connectivity index (χ1v) is 5.91. The van der Waals surface area contributed by atoms with Gasteiger partial charge >= 0.3 is 0 Å². The molecule has 0 saturated heterocycles. The van der Waals surface area contributed by atoms with Crippen LogP contribution in [0.4, 0.5) is 0 Å². The Bertz CT molecular complexity index is 695. The van der Waals surface area contributed by atoms with Crippen molar-refractivity contribution >= 4 is 21.9 Å². The number of imidazole rings is 1. The van der Waals surface area contributed by atoms with Crippen LogP contribution in [0.3, 0.4) is 0 Å². The van der Waals surface area contributed by atoms with Gasteiger partial charge in [-0.15, -0.1) is 0 Å². The van der Waals surface area contributed by atoms with E-state index in [-0.39, 0.29) is 0 Å². The van der Waals surface area contributed by atoms with E-state index >= 15 is 0 Å². The van der Waals surface area contributed by atoms with Gasteiger partial charge in [0.15, 0.2) is 0 Å². The van der Waals surface area contributed by atoms with Crippen LogP contribution in [0.25, 0.3) is 21.9 Å². The lowest BCUT2D eigenvalue weighted by Gasteiger charge is -2.07. The zero-order valence-electron chi connectivity index (χ0n) is 10.3. The predicted molar refractivity (Wildman–Crippen MR) is 70.2 cm³/mol. The van der Waals surface area contributed by atoms with E-state index in [1.807, 2.05) is 13.0 Å². The monoisotopic (exact) mass is 225 g/mol. The van der Waals surface area contributed by atoms with E-state index in [0.29, 0.717) is 5.92 Å². The largest absolute Gasteiger partial charge is 0.358 e. The third kappa shape index (κ3) is 1.58. The van der Waals surface area contributed by atoms with Crippen molar-refractivity contribution in [2.45, 2.75) is 26.7 Å². The Morgan fingerprint density at radius 3 is 2.65 bits per heavy atom. The number of hydrogen-bond donors (Lipinski definition) is 1. The Kier molecular flexibility index (Phi) is 2.15. The molecule has 3 nitrogen and oxygen atoms in total. The molecular weight excluding hydrogens is 210 g/mol. The van der Waals surface area contributed by atoms with Gasteiger partial charge in [0.05, 0.1) is 5.52 Å². The Balaban J connectivity index is 2.36. The van der Waals surface area contributed by atoms with Crippen LogP contribution in [-0.2, 0) is 0 Å². The molecule has 17 heavy (non-hydrogen) atoms. The molecule has 0 aliphatic heterocycles. The molecule has 0 radical (unpaired) electrons. The zero-order valence-corrected chi connectivity index (χ0v) is 10.3. The van der Waals surface area contributed by atoms with Crippen LogP contribution >= 0.6 is 0 Å². The molecule has 1 aromatic carbocycles. The van der Waals surface area contributed by atoms with Crippen molar-refractivity contribution in [1.29, 1.82) is 0 Å². The van der Waals surface area contributed by atoms with Gasteiger partial charge in [0.25, 0.3) is 0 Å². The minimum Gasteiger partial charge on any atom is -0.358 e. The molecule has 0 bridgehead atoms. The predicted octanol–water partition coefficient (Wildman–Crippen LogP) is 3.54. The van der Waals surface area contributed by atoms with E-state index in [1.54, 1.807) is 0 Å². The normalized spacial score (nSPS) is 11.8. The van der Waals surface area contributed by atoms with E-state index in [0.717, 1.165) is 27.8 Å². The molecule has 3 heteroatoms. The number of aromatic amines is 1. The molecule has 0 saturated carbocycles. The van der Waals surface area contributed by atoms with Crippen molar-refractivity contribution in [2.75, 3.05) is 0 Å². The van der Waals surface area contributed by atoms with Crippen LogP contribution < -0.4 is 0 Å². The summed E-state index contributed by atoms with van der Waals surface area (Å²) in [4.78, 5) is 12.3. The summed E-state index contributed by atoms with van der Waals surface area (Å²) in [6.07, 6.45) is 0. The molecule has 0 amide bonds. The van der Waals surface area contributed by atoms with Crippen LogP contribution in [0.5, 0.6) is 0 Å². The smallest absolute Gasteiger partial charge is 0.126 e. The SMILES string of the molecule is Cc1nc2ccc3[nH]c(C(C)C)ccc3c2n1. The summed E-state index contributed by atoms with van der Waals surface area (Å²) < 4.78 is 0. The Morgan fingerprint density at radius 2 is 1.88 bits per heavy atom. The second-order valence-corrected chi connectivity index (χ2v) is 4.73. The number of fused-ring (bicyclic) bond motifs is 3. The molecule has 0 aliphatic carbocycles. The third-order valence-corrected chi connectivity index (χ3v) is 3.08. The van der Waals surface area contributed by atoms with Crippen molar-refractivity contribution in [3.8, 4) is 0 Å². The topological polar surface area (TPSA) is 41.6 Å². The van der Waals surface area contributed by atoms with E-state index in [9.17, 15) is 0 Å². The summed E-state index contributed by atoms with van der Waals surface area (Å²) in [5.74, 6) is 1.34. The lowest BCUT2D eigenvalue weighted by Crippen LogP contribution is -1.92. The second kappa shape index (κ2) is 3.55. The van der Waals surface area contributed by atoms with E-state index in [4.69, 9.17) is 0 Å². The van der Waals surface area contributed by atoms with Crippen LogP contribution in [-0.4, -0.2) is 15.0 Å². The van der Waals surface area contributed by atoms with E-state index < -0.39 is 0 Å². The maximum absolute atomic E-state index is 4.48. The maximum atomic E-state index is 4.48. The average Bonchev–Trinajstić information content (AvgIpc) is 2.69. The summed E-state index contributed by atoms with van der Waals surface area (Å²) in [6, 6.07) is 8.38. The van der Waals surface area contributed by atoms with Gasteiger partial charge in [-0.05, 0) is 37.1 Å². The van der Waals surface area contributed by atoms with Gasteiger partial charge in [0, 0.05) is 16.6 Å². The van der Waals surface area contributed by atoms with Gasteiger partial charge in [0.1, 0.15) is 11.3 Å². The Morgan fingerprint density at radius 1 is 1.06 bits per heavy atom. The highest BCUT2D eigenvalue weighted by atomic mass is 14.9. The van der Waals surface area contributed by atoms with Crippen molar-refractivity contribution in [3.05, 3.63) is 35.8 Å². The van der Waals surface area contributed by atoms with Crippen LogP contribution in [0.2, 0.25) is 0 Å². The third-order valence-electron chi connectivity index (χ3n) is 3.08. The van der Waals surface area contributed by atoms with Gasteiger partial charge in [-0.3, -0.25) is 0 Å². The maximum Gasteiger partial charge on any atom is 0.126 e. The highest BCUT2D eigenvalue weighted by molar-refractivity contribution is 6.02. The summed E-state index contributed by atoms with van der Waals surface area (Å²) in [7, 11) is 0. The Labute approximate surface area is 99.9 Å². The number of pyridine rings is 1. The molecule has 2 aromatic heterocycles. The molecule has 0 spiro atoms. The molecule has 1 N–H and O–H groups in total. The number of hydrogen-bond acceptors (Lipinski definition) is 2. The van der Waals surface area contributed by atoms with Gasteiger partial charge in [-0.2, -0.15) is 0 Å². The molecule has 0 aliphatic rings. The van der Waals surface area contributed by atoms with Gasteiger partial charge < -0.3 is 4.98 Å². The minimum atomic E-state index is 0.502. The summed E-state index contributed by atoms with van der Waals surface area (Å²) >= 11 is 0. The molecule has 86 valence electrons. The van der Waals surface area contributed by atoms with Crippen molar-refractivity contribution < 1.29 is 0 Å².